The summed E-state index contributed by atoms with van der Waals surface area (Å²) in [6.07, 6.45) is 5.39. The van der Waals surface area contributed by atoms with E-state index in [0.717, 1.165) is 31.7 Å². The van der Waals surface area contributed by atoms with Gasteiger partial charge in [-0.1, -0.05) is 12.8 Å². The zero-order chi connectivity index (χ0) is 19.4. The number of amides is 3. The van der Waals surface area contributed by atoms with Crippen LogP contribution >= 0.6 is 0 Å². The first-order valence-electron chi connectivity index (χ1n) is 9.71. The summed E-state index contributed by atoms with van der Waals surface area (Å²) >= 11 is 0. The Morgan fingerprint density at radius 1 is 1.04 bits per heavy atom. The number of hydrogen-bond donors (Lipinski definition) is 2. The predicted octanol–water partition coefficient (Wildman–Crippen LogP) is 3.51. The van der Waals surface area contributed by atoms with E-state index in [0.29, 0.717) is 31.5 Å². The molecule has 2 aliphatic rings. The summed E-state index contributed by atoms with van der Waals surface area (Å²) in [5, 5.41) is 5.90. The number of nitrogens with one attached hydrogen (secondary N) is 2. The number of carbonyl (C=O) groups excluding carboxylic acids is 2. The summed E-state index contributed by atoms with van der Waals surface area (Å²) in [5.41, 5.74) is 0.473. The van der Waals surface area contributed by atoms with Crippen LogP contribution in [0.15, 0.2) is 18.2 Å². The third-order valence-electron chi connectivity index (χ3n) is 5.68. The van der Waals surface area contributed by atoms with E-state index in [4.69, 9.17) is 0 Å². The normalized spacial score (nSPS) is 19.7. The molecule has 3 rings (SSSR count). The number of nitrogens with zero attached hydrogens (tertiary/aromatic N) is 1. The molecule has 1 heterocycles. The Morgan fingerprint density at radius 2 is 1.63 bits per heavy atom. The molecule has 1 aromatic rings. The molecule has 27 heavy (non-hydrogen) atoms. The lowest BCUT2D eigenvalue weighted by Gasteiger charge is -2.32. The number of urea groups is 1. The Labute approximate surface area is 158 Å². The monoisotopic (exact) mass is 379 g/mol. The molecule has 1 aliphatic heterocycles. The highest BCUT2D eigenvalue weighted by molar-refractivity contribution is 5.75. The Morgan fingerprint density at radius 3 is 2.19 bits per heavy atom. The van der Waals surface area contributed by atoms with Gasteiger partial charge in [0.25, 0.3) is 0 Å². The first kappa shape index (κ1) is 19.6. The van der Waals surface area contributed by atoms with Gasteiger partial charge in [-0.05, 0) is 49.3 Å². The molecule has 0 radical (unpaired) electrons. The van der Waals surface area contributed by atoms with Gasteiger partial charge in [0.2, 0.25) is 5.91 Å². The molecule has 1 aliphatic carbocycles. The number of likely N-dealkylation sites (tertiary alicyclic amines) is 1. The summed E-state index contributed by atoms with van der Waals surface area (Å²) in [7, 11) is 0. The number of benzene rings is 1. The van der Waals surface area contributed by atoms with E-state index in [-0.39, 0.29) is 23.9 Å². The van der Waals surface area contributed by atoms with Crippen molar-refractivity contribution in [2.75, 3.05) is 13.1 Å². The van der Waals surface area contributed by atoms with E-state index in [1.54, 1.807) is 11.8 Å². The third kappa shape index (κ3) is 5.17. The molecule has 1 saturated carbocycles. The van der Waals surface area contributed by atoms with E-state index >= 15 is 0 Å². The van der Waals surface area contributed by atoms with Crippen molar-refractivity contribution in [1.82, 2.24) is 15.5 Å². The number of piperidine rings is 1. The number of hydrogen-bond acceptors (Lipinski definition) is 2. The second-order valence-electron chi connectivity index (χ2n) is 7.62. The topological polar surface area (TPSA) is 61.4 Å². The highest BCUT2D eigenvalue weighted by Crippen LogP contribution is 2.36. The molecular weight excluding hydrogens is 352 g/mol. The second-order valence-corrected chi connectivity index (χ2v) is 7.62. The first-order valence-corrected chi connectivity index (χ1v) is 9.71. The van der Waals surface area contributed by atoms with Crippen molar-refractivity contribution < 1.29 is 18.4 Å². The molecule has 0 spiro atoms. The number of carbonyl (C=O) groups is 2. The summed E-state index contributed by atoms with van der Waals surface area (Å²) in [4.78, 5) is 25.7. The SMILES string of the molecule is CC(=O)N1CCC(NC(=O)NC(c2cc(F)cc(F)c2)C2CCCC2)CC1. The first-order chi connectivity index (χ1) is 12.9. The van der Waals surface area contributed by atoms with Crippen LogP contribution < -0.4 is 10.6 Å². The van der Waals surface area contributed by atoms with Crippen molar-refractivity contribution in [2.45, 2.75) is 57.5 Å². The molecule has 1 saturated heterocycles. The summed E-state index contributed by atoms with van der Waals surface area (Å²) in [5.74, 6) is -1.04. The van der Waals surface area contributed by atoms with Crippen LogP contribution in [0.2, 0.25) is 0 Å². The summed E-state index contributed by atoms with van der Waals surface area (Å²) in [6, 6.07) is 2.72. The van der Waals surface area contributed by atoms with E-state index < -0.39 is 17.7 Å². The molecule has 2 N–H and O–H groups in total. The Kier molecular flexibility index (Phi) is 6.29. The Hall–Kier alpha value is -2.18. The highest BCUT2D eigenvalue weighted by atomic mass is 19.1. The van der Waals surface area contributed by atoms with Crippen molar-refractivity contribution in [3.8, 4) is 0 Å². The average Bonchev–Trinajstić information content (AvgIpc) is 3.13. The third-order valence-corrected chi connectivity index (χ3v) is 5.68. The molecule has 5 nitrogen and oxygen atoms in total. The van der Waals surface area contributed by atoms with E-state index in [9.17, 15) is 18.4 Å². The maximum absolute atomic E-state index is 13.7. The molecule has 2 fully saturated rings. The minimum atomic E-state index is -0.633. The van der Waals surface area contributed by atoms with Gasteiger partial charge in [-0.3, -0.25) is 4.79 Å². The van der Waals surface area contributed by atoms with Crippen molar-refractivity contribution in [1.29, 1.82) is 0 Å². The van der Waals surface area contributed by atoms with Gasteiger partial charge in [0.15, 0.2) is 0 Å². The van der Waals surface area contributed by atoms with Gasteiger partial charge in [0, 0.05) is 32.1 Å². The molecule has 0 bridgehead atoms. The zero-order valence-corrected chi connectivity index (χ0v) is 15.6. The van der Waals surface area contributed by atoms with Crippen molar-refractivity contribution in [3.63, 3.8) is 0 Å². The summed E-state index contributed by atoms with van der Waals surface area (Å²) < 4.78 is 27.4. The van der Waals surface area contributed by atoms with Gasteiger partial charge in [0.05, 0.1) is 6.04 Å². The minimum Gasteiger partial charge on any atom is -0.343 e. The molecule has 1 unspecified atom stereocenters. The van der Waals surface area contributed by atoms with Gasteiger partial charge >= 0.3 is 6.03 Å². The molecule has 148 valence electrons. The van der Waals surface area contributed by atoms with Crippen molar-refractivity contribution >= 4 is 11.9 Å². The molecule has 7 heteroatoms. The standard InChI is InChI=1S/C20H27F2N3O2/c1-13(26)25-8-6-18(7-9-25)23-20(27)24-19(14-4-2-3-5-14)15-10-16(21)12-17(22)11-15/h10-12,14,18-19H,2-9H2,1H3,(H2,23,24,27). The van der Waals surface area contributed by atoms with Crippen LogP contribution in [0.25, 0.3) is 0 Å². The maximum Gasteiger partial charge on any atom is 0.315 e. The van der Waals surface area contributed by atoms with Crippen LogP contribution in [0, 0.1) is 17.6 Å². The fraction of sp³-hybridized carbons (Fsp3) is 0.600. The second kappa shape index (κ2) is 8.67. The molecule has 1 aromatic carbocycles. The Balaban J connectivity index is 1.63. The van der Waals surface area contributed by atoms with Gasteiger partial charge in [-0.2, -0.15) is 0 Å². The number of halogens is 2. The minimum absolute atomic E-state index is 0.00549. The van der Waals surface area contributed by atoms with Crippen LogP contribution in [0.4, 0.5) is 13.6 Å². The lowest BCUT2D eigenvalue weighted by molar-refractivity contribution is -0.129. The number of rotatable bonds is 4. The van der Waals surface area contributed by atoms with Crippen molar-refractivity contribution in [3.05, 3.63) is 35.4 Å². The molecular formula is C20H27F2N3O2. The van der Waals surface area contributed by atoms with Crippen LogP contribution in [0.3, 0.4) is 0 Å². The quantitative estimate of drug-likeness (QED) is 0.841. The lowest BCUT2D eigenvalue weighted by atomic mass is 9.91. The zero-order valence-electron chi connectivity index (χ0n) is 15.6. The summed E-state index contributed by atoms with van der Waals surface area (Å²) in [6.45, 7) is 2.80. The molecule has 0 aromatic heterocycles. The largest absolute Gasteiger partial charge is 0.343 e. The van der Waals surface area contributed by atoms with E-state index in [1.807, 2.05) is 0 Å². The lowest BCUT2D eigenvalue weighted by Crippen LogP contribution is -2.49. The van der Waals surface area contributed by atoms with Crippen LogP contribution in [0.5, 0.6) is 0 Å². The molecule has 3 amide bonds. The highest BCUT2D eigenvalue weighted by Gasteiger charge is 2.29. The van der Waals surface area contributed by atoms with Crippen LogP contribution in [-0.2, 0) is 4.79 Å². The van der Waals surface area contributed by atoms with Gasteiger partial charge in [-0.15, -0.1) is 0 Å². The maximum atomic E-state index is 13.7. The van der Waals surface area contributed by atoms with Gasteiger partial charge < -0.3 is 15.5 Å². The van der Waals surface area contributed by atoms with Crippen LogP contribution in [-0.4, -0.2) is 36.0 Å². The predicted molar refractivity (Wildman–Crippen MR) is 98.0 cm³/mol. The van der Waals surface area contributed by atoms with Gasteiger partial charge in [-0.25, -0.2) is 13.6 Å². The van der Waals surface area contributed by atoms with E-state index in [1.165, 1.54) is 12.1 Å². The van der Waals surface area contributed by atoms with Crippen LogP contribution in [0.1, 0.15) is 57.1 Å². The van der Waals surface area contributed by atoms with E-state index in [2.05, 4.69) is 10.6 Å². The fourth-order valence-electron chi connectivity index (χ4n) is 4.23. The van der Waals surface area contributed by atoms with Crippen molar-refractivity contribution in [2.24, 2.45) is 5.92 Å². The molecule has 1 atom stereocenters. The smallest absolute Gasteiger partial charge is 0.315 e. The fourth-order valence-corrected chi connectivity index (χ4v) is 4.23. The van der Waals surface area contributed by atoms with Gasteiger partial charge in [0.1, 0.15) is 11.6 Å². The Bertz CT molecular complexity index is 664. The average molecular weight is 379 g/mol.